The summed E-state index contributed by atoms with van der Waals surface area (Å²) in [4.78, 5) is 14.9. The van der Waals surface area contributed by atoms with E-state index in [4.69, 9.17) is 4.18 Å². The van der Waals surface area contributed by atoms with Crippen LogP contribution in [0.5, 0.6) is 5.75 Å². The van der Waals surface area contributed by atoms with E-state index in [9.17, 15) is 13.2 Å². The fourth-order valence-electron chi connectivity index (χ4n) is 2.98. The van der Waals surface area contributed by atoms with Crippen molar-refractivity contribution in [3.8, 4) is 5.75 Å². The standard InChI is InChI=1S/C20H33NO4S/c1-6-8-11-18(7-2)20(22)21(14-16(3)4)15-17-10-9-12-19(13-17)25-26(5,23)24/h9-10,12-13,16,18H,6-8,11,14-15H2,1-5H3/t18-/m1/s1. The lowest BCUT2D eigenvalue weighted by molar-refractivity contribution is -0.137. The molecule has 0 heterocycles. The maximum atomic E-state index is 13.0. The first-order chi connectivity index (χ1) is 12.2. The zero-order valence-corrected chi connectivity index (χ0v) is 17.5. The van der Waals surface area contributed by atoms with Crippen LogP contribution in [0.2, 0.25) is 0 Å². The van der Waals surface area contributed by atoms with E-state index in [2.05, 4.69) is 27.7 Å². The molecule has 1 aromatic carbocycles. The summed E-state index contributed by atoms with van der Waals surface area (Å²) in [6.45, 7) is 9.52. The van der Waals surface area contributed by atoms with E-state index in [1.807, 2.05) is 11.0 Å². The Balaban J connectivity index is 2.96. The number of carbonyl (C=O) groups is 1. The van der Waals surface area contributed by atoms with Crippen molar-refractivity contribution in [2.75, 3.05) is 12.8 Å². The number of hydrogen-bond acceptors (Lipinski definition) is 4. The second kappa shape index (κ2) is 10.6. The summed E-state index contributed by atoms with van der Waals surface area (Å²) in [5.41, 5.74) is 0.866. The predicted molar refractivity (Wildman–Crippen MR) is 105 cm³/mol. The van der Waals surface area contributed by atoms with Crippen molar-refractivity contribution in [3.63, 3.8) is 0 Å². The Morgan fingerprint density at radius 2 is 1.92 bits per heavy atom. The van der Waals surface area contributed by atoms with Crippen LogP contribution in [-0.2, 0) is 21.5 Å². The Morgan fingerprint density at radius 1 is 1.23 bits per heavy atom. The van der Waals surface area contributed by atoms with E-state index in [1.54, 1.807) is 18.2 Å². The maximum Gasteiger partial charge on any atom is 0.306 e. The van der Waals surface area contributed by atoms with Gasteiger partial charge in [0.25, 0.3) is 0 Å². The summed E-state index contributed by atoms with van der Waals surface area (Å²) in [5, 5.41) is 0. The van der Waals surface area contributed by atoms with Crippen LogP contribution in [-0.4, -0.2) is 32.0 Å². The lowest BCUT2D eigenvalue weighted by atomic mass is 9.97. The highest BCUT2D eigenvalue weighted by Gasteiger charge is 2.23. The van der Waals surface area contributed by atoms with Gasteiger partial charge < -0.3 is 9.08 Å². The molecule has 0 aromatic heterocycles. The third-order valence-electron chi connectivity index (χ3n) is 4.16. The molecule has 1 amide bonds. The van der Waals surface area contributed by atoms with Gasteiger partial charge in [-0.25, -0.2) is 0 Å². The molecule has 0 saturated heterocycles. The van der Waals surface area contributed by atoms with E-state index in [1.165, 1.54) is 0 Å². The summed E-state index contributed by atoms with van der Waals surface area (Å²) in [5.74, 6) is 0.867. The van der Waals surface area contributed by atoms with Crippen LogP contribution in [0.15, 0.2) is 24.3 Å². The lowest BCUT2D eigenvalue weighted by Crippen LogP contribution is -2.38. The molecule has 0 aliphatic carbocycles. The van der Waals surface area contributed by atoms with Gasteiger partial charge in [-0.2, -0.15) is 8.42 Å². The number of rotatable bonds is 11. The molecule has 1 aromatic rings. The second-order valence-corrected chi connectivity index (χ2v) is 8.87. The fourth-order valence-corrected chi connectivity index (χ4v) is 3.43. The fraction of sp³-hybridized carbons (Fsp3) is 0.650. The van der Waals surface area contributed by atoms with Crippen molar-refractivity contribution in [2.45, 2.75) is 59.9 Å². The quantitative estimate of drug-likeness (QED) is 0.537. The molecular weight excluding hydrogens is 350 g/mol. The first-order valence-electron chi connectivity index (χ1n) is 9.43. The minimum Gasteiger partial charge on any atom is -0.383 e. The molecule has 26 heavy (non-hydrogen) atoms. The highest BCUT2D eigenvalue weighted by molar-refractivity contribution is 7.86. The summed E-state index contributed by atoms with van der Waals surface area (Å²) >= 11 is 0. The molecule has 0 aliphatic heterocycles. The van der Waals surface area contributed by atoms with Gasteiger partial charge in [-0.05, 0) is 36.5 Å². The third-order valence-corrected chi connectivity index (χ3v) is 4.66. The van der Waals surface area contributed by atoms with Crippen LogP contribution >= 0.6 is 0 Å². The van der Waals surface area contributed by atoms with Gasteiger partial charge in [0.1, 0.15) is 5.75 Å². The molecule has 148 valence electrons. The van der Waals surface area contributed by atoms with Crippen LogP contribution in [0, 0.1) is 11.8 Å². The maximum absolute atomic E-state index is 13.0. The van der Waals surface area contributed by atoms with Gasteiger partial charge in [-0.1, -0.05) is 52.7 Å². The summed E-state index contributed by atoms with van der Waals surface area (Å²) in [7, 11) is -3.57. The number of hydrogen-bond donors (Lipinski definition) is 0. The number of nitrogens with zero attached hydrogens (tertiary/aromatic N) is 1. The predicted octanol–water partition coefficient (Wildman–Crippen LogP) is 4.23. The Morgan fingerprint density at radius 3 is 2.46 bits per heavy atom. The molecule has 0 aliphatic rings. The number of amides is 1. The molecule has 0 spiro atoms. The first kappa shape index (κ1) is 22.5. The highest BCUT2D eigenvalue weighted by Crippen LogP contribution is 2.21. The Hall–Kier alpha value is -1.56. The Bertz CT molecular complexity index is 670. The summed E-state index contributed by atoms with van der Waals surface area (Å²) < 4.78 is 27.6. The van der Waals surface area contributed by atoms with Crippen molar-refractivity contribution < 1.29 is 17.4 Å². The van der Waals surface area contributed by atoms with Crippen molar-refractivity contribution in [1.82, 2.24) is 4.90 Å². The minimum absolute atomic E-state index is 0.0455. The molecule has 0 N–H and O–H groups in total. The monoisotopic (exact) mass is 383 g/mol. The third kappa shape index (κ3) is 8.21. The number of benzene rings is 1. The number of carbonyl (C=O) groups excluding carboxylic acids is 1. The molecular formula is C20H33NO4S. The van der Waals surface area contributed by atoms with E-state index in [0.717, 1.165) is 37.5 Å². The summed E-state index contributed by atoms with van der Waals surface area (Å²) in [6, 6.07) is 6.94. The molecule has 0 fully saturated rings. The van der Waals surface area contributed by atoms with Crippen molar-refractivity contribution >= 4 is 16.0 Å². The SMILES string of the molecule is CCCC[C@@H](CC)C(=O)N(Cc1cccc(OS(C)(=O)=O)c1)CC(C)C. The van der Waals surface area contributed by atoms with Gasteiger partial charge >= 0.3 is 10.1 Å². The molecule has 0 saturated carbocycles. The van der Waals surface area contributed by atoms with Gasteiger partial charge in [0.15, 0.2) is 0 Å². The molecule has 0 unspecified atom stereocenters. The smallest absolute Gasteiger partial charge is 0.306 e. The minimum atomic E-state index is -3.57. The zero-order valence-electron chi connectivity index (χ0n) is 16.7. The van der Waals surface area contributed by atoms with Gasteiger partial charge in [0.05, 0.1) is 6.26 Å². The first-order valence-corrected chi connectivity index (χ1v) is 11.2. The second-order valence-electron chi connectivity index (χ2n) is 7.29. The van der Waals surface area contributed by atoms with Gasteiger partial charge in [0.2, 0.25) is 5.91 Å². The molecule has 1 rings (SSSR count). The van der Waals surface area contributed by atoms with E-state index >= 15 is 0 Å². The zero-order chi connectivity index (χ0) is 19.7. The normalized spacial score (nSPS) is 12.8. The topological polar surface area (TPSA) is 63.7 Å². The van der Waals surface area contributed by atoms with Crippen molar-refractivity contribution in [2.24, 2.45) is 11.8 Å². The molecule has 6 heteroatoms. The van der Waals surface area contributed by atoms with E-state index in [0.29, 0.717) is 19.0 Å². The Labute approximate surface area is 158 Å². The van der Waals surface area contributed by atoms with Gasteiger partial charge in [-0.15, -0.1) is 0 Å². The van der Waals surface area contributed by atoms with Crippen LogP contribution in [0.1, 0.15) is 58.9 Å². The van der Waals surface area contributed by atoms with Gasteiger partial charge in [-0.3, -0.25) is 4.79 Å². The van der Waals surface area contributed by atoms with Crippen LogP contribution < -0.4 is 4.18 Å². The molecule has 1 atom stereocenters. The molecule has 0 radical (unpaired) electrons. The van der Waals surface area contributed by atoms with Crippen LogP contribution in [0.3, 0.4) is 0 Å². The largest absolute Gasteiger partial charge is 0.383 e. The van der Waals surface area contributed by atoms with E-state index < -0.39 is 10.1 Å². The molecule has 0 bridgehead atoms. The summed E-state index contributed by atoms with van der Waals surface area (Å²) in [6.07, 6.45) is 4.91. The van der Waals surface area contributed by atoms with E-state index in [-0.39, 0.29) is 17.6 Å². The number of unbranched alkanes of at least 4 members (excludes halogenated alkanes) is 1. The average molecular weight is 384 g/mol. The van der Waals surface area contributed by atoms with Crippen molar-refractivity contribution in [3.05, 3.63) is 29.8 Å². The van der Waals surface area contributed by atoms with Gasteiger partial charge in [0, 0.05) is 19.0 Å². The Kier molecular flexibility index (Phi) is 9.13. The average Bonchev–Trinajstić information content (AvgIpc) is 2.53. The van der Waals surface area contributed by atoms with Crippen molar-refractivity contribution in [1.29, 1.82) is 0 Å². The highest BCUT2D eigenvalue weighted by atomic mass is 32.2. The lowest BCUT2D eigenvalue weighted by Gasteiger charge is -2.29. The van der Waals surface area contributed by atoms with Crippen LogP contribution in [0.4, 0.5) is 0 Å². The van der Waals surface area contributed by atoms with Crippen LogP contribution in [0.25, 0.3) is 0 Å². The molecule has 5 nitrogen and oxygen atoms in total.